The van der Waals surface area contributed by atoms with Gasteiger partial charge in [-0.3, -0.25) is 14.4 Å². The molecule has 3 amide bonds. The first-order chi connectivity index (χ1) is 22.7. The van der Waals surface area contributed by atoms with Crippen LogP contribution in [0.25, 0.3) is 17.1 Å². The predicted octanol–water partition coefficient (Wildman–Crippen LogP) is 2.28. The van der Waals surface area contributed by atoms with E-state index in [2.05, 4.69) is 36.3 Å². The standard InChI is InChI=1S/C30H30ClF3N10O4/c1-43-22(19-13-44(42-24(19)30(32,33)34)23-5-2-15(35)10-37-23)12-38-25(43)28(48)40-16-3-4-18(20(31)8-16)26(46)39-14-29(6-7-29)41-27(47)21-9-17(45)11-36-21/h2-5,8,10,12-13,17,21,36,45H,6-7,9,11,14,35H2,1H3,(H,39,46)(H,40,48)(H,41,47)/t17-,21+/m1/s1. The van der Waals surface area contributed by atoms with Gasteiger partial charge in [0.05, 0.1) is 57.6 Å². The first kappa shape index (κ1) is 32.9. The number of aromatic nitrogens is 5. The van der Waals surface area contributed by atoms with Gasteiger partial charge in [0.25, 0.3) is 11.8 Å². The molecule has 14 nitrogen and oxygen atoms in total. The second-order valence-electron chi connectivity index (χ2n) is 11.8. The number of nitrogens with zero attached hydrogens (tertiary/aromatic N) is 5. The maximum Gasteiger partial charge on any atom is 0.435 e. The van der Waals surface area contributed by atoms with Crippen molar-refractivity contribution in [3.05, 3.63) is 71.0 Å². The number of carbonyl (C=O) groups excluding carboxylic acids is 3. The SMILES string of the molecule is Cn1c(-c2cn(-c3ccc(N)cn3)nc2C(F)(F)F)cnc1C(=O)Nc1ccc(C(=O)NCC2(NC(=O)[C@@H]3C[C@@H](O)CN3)CC2)c(Cl)c1. The molecule has 1 saturated heterocycles. The lowest BCUT2D eigenvalue weighted by Crippen LogP contribution is -2.51. The number of aliphatic hydroxyl groups excluding tert-OH is 1. The zero-order valence-corrected chi connectivity index (χ0v) is 26.1. The van der Waals surface area contributed by atoms with Gasteiger partial charge in [0.2, 0.25) is 5.91 Å². The summed E-state index contributed by atoms with van der Waals surface area (Å²) < 4.78 is 44.1. The van der Waals surface area contributed by atoms with Gasteiger partial charge in [-0.25, -0.2) is 14.6 Å². The molecule has 3 aromatic heterocycles. The number of benzene rings is 1. The van der Waals surface area contributed by atoms with Crippen molar-refractivity contribution in [3.63, 3.8) is 0 Å². The minimum Gasteiger partial charge on any atom is -0.397 e. The quantitative estimate of drug-likeness (QED) is 0.153. The Morgan fingerprint density at radius 3 is 2.54 bits per heavy atom. The average molecular weight is 687 g/mol. The molecule has 0 radical (unpaired) electrons. The summed E-state index contributed by atoms with van der Waals surface area (Å²) in [5.41, 5.74) is 4.17. The minimum absolute atomic E-state index is 0.0269. The van der Waals surface area contributed by atoms with Crippen LogP contribution in [-0.4, -0.2) is 77.9 Å². The van der Waals surface area contributed by atoms with E-state index >= 15 is 0 Å². The minimum atomic E-state index is -4.82. The monoisotopic (exact) mass is 686 g/mol. The van der Waals surface area contributed by atoms with Gasteiger partial charge < -0.3 is 36.7 Å². The highest BCUT2D eigenvalue weighted by molar-refractivity contribution is 6.34. The number of hydrogen-bond donors (Lipinski definition) is 6. The largest absolute Gasteiger partial charge is 0.435 e. The van der Waals surface area contributed by atoms with Crippen molar-refractivity contribution in [1.29, 1.82) is 0 Å². The van der Waals surface area contributed by atoms with E-state index in [0.717, 1.165) is 17.1 Å². The van der Waals surface area contributed by atoms with Gasteiger partial charge >= 0.3 is 6.18 Å². The van der Waals surface area contributed by atoms with Crippen LogP contribution in [0.5, 0.6) is 0 Å². The smallest absolute Gasteiger partial charge is 0.397 e. The Morgan fingerprint density at radius 2 is 1.92 bits per heavy atom. The van der Waals surface area contributed by atoms with Gasteiger partial charge in [0.15, 0.2) is 17.3 Å². The van der Waals surface area contributed by atoms with Crippen LogP contribution in [0.15, 0.2) is 48.9 Å². The molecule has 0 bridgehead atoms. The summed E-state index contributed by atoms with van der Waals surface area (Å²) in [6.07, 6.45) is -0.155. The number of halogens is 4. The van der Waals surface area contributed by atoms with Crippen molar-refractivity contribution in [1.82, 2.24) is 40.3 Å². The molecule has 252 valence electrons. The fraction of sp³-hybridized carbons (Fsp3) is 0.333. The number of aliphatic hydroxyl groups is 1. The molecular formula is C30H30ClF3N10O4. The van der Waals surface area contributed by atoms with Gasteiger partial charge in [-0.2, -0.15) is 18.3 Å². The second-order valence-corrected chi connectivity index (χ2v) is 12.2. The van der Waals surface area contributed by atoms with Gasteiger partial charge in [-0.05, 0) is 49.6 Å². The van der Waals surface area contributed by atoms with Crippen molar-refractivity contribution in [2.45, 2.75) is 43.1 Å². The maximum atomic E-state index is 14.0. The summed E-state index contributed by atoms with van der Waals surface area (Å²) >= 11 is 6.38. The van der Waals surface area contributed by atoms with E-state index in [0.29, 0.717) is 31.5 Å². The number of pyridine rings is 1. The summed E-state index contributed by atoms with van der Waals surface area (Å²) in [4.78, 5) is 46.7. The van der Waals surface area contributed by atoms with Crippen LogP contribution in [-0.2, 0) is 18.0 Å². The number of amides is 3. The molecule has 2 fully saturated rings. The van der Waals surface area contributed by atoms with Crippen LogP contribution < -0.4 is 27.0 Å². The van der Waals surface area contributed by atoms with Crippen LogP contribution in [0.2, 0.25) is 5.02 Å². The second kappa shape index (κ2) is 12.6. The Morgan fingerprint density at radius 1 is 1.15 bits per heavy atom. The van der Waals surface area contributed by atoms with Crippen LogP contribution in [0.4, 0.5) is 24.5 Å². The molecule has 6 rings (SSSR count). The van der Waals surface area contributed by atoms with Gasteiger partial charge in [-0.1, -0.05) is 11.6 Å². The third-order valence-corrected chi connectivity index (χ3v) is 8.49. The molecule has 2 aliphatic rings. The van der Waals surface area contributed by atoms with E-state index in [1.807, 2.05) is 0 Å². The number of hydrogen-bond acceptors (Lipinski definition) is 9. The molecule has 2 atom stereocenters. The fourth-order valence-corrected chi connectivity index (χ4v) is 5.63. The predicted molar refractivity (Wildman–Crippen MR) is 167 cm³/mol. The Kier molecular flexibility index (Phi) is 8.61. The molecule has 4 aromatic rings. The number of alkyl halides is 3. The molecule has 1 saturated carbocycles. The lowest BCUT2D eigenvalue weighted by atomic mass is 10.1. The Labute approximate surface area is 275 Å². The van der Waals surface area contributed by atoms with Gasteiger partial charge in [0, 0.05) is 32.0 Å². The number of imidazole rings is 1. The Bertz CT molecular complexity index is 1890. The topological polar surface area (TPSA) is 194 Å². The maximum absolute atomic E-state index is 14.0. The first-order valence-electron chi connectivity index (χ1n) is 14.8. The highest BCUT2D eigenvalue weighted by Crippen LogP contribution is 2.37. The molecular weight excluding hydrogens is 657 g/mol. The number of carbonyl (C=O) groups is 3. The van der Waals surface area contributed by atoms with Crippen molar-refractivity contribution in [2.24, 2.45) is 7.05 Å². The molecule has 48 heavy (non-hydrogen) atoms. The summed E-state index contributed by atoms with van der Waals surface area (Å²) in [6.45, 7) is 0.521. The summed E-state index contributed by atoms with van der Waals surface area (Å²) in [5, 5.41) is 24.7. The number of nitrogens with two attached hydrogens (primary N) is 1. The number of rotatable bonds is 9. The van der Waals surface area contributed by atoms with Crippen molar-refractivity contribution in [2.75, 3.05) is 24.1 Å². The lowest BCUT2D eigenvalue weighted by molar-refractivity contribution is -0.140. The third kappa shape index (κ3) is 6.83. The normalized spacial score (nSPS) is 18.4. The first-order valence-corrected chi connectivity index (χ1v) is 15.1. The summed E-state index contributed by atoms with van der Waals surface area (Å²) in [6, 6.07) is 6.62. The zero-order chi connectivity index (χ0) is 34.4. The highest BCUT2D eigenvalue weighted by atomic mass is 35.5. The molecule has 18 heteroatoms. The molecule has 4 heterocycles. The van der Waals surface area contributed by atoms with E-state index < -0.39 is 41.4 Å². The number of β-amino-alcohol motifs (C(OH)–C–C–N with tert-alkyl or cyclic N) is 1. The van der Waals surface area contributed by atoms with Crippen molar-refractivity contribution in [3.8, 4) is 17.1 Å². The van der Waals surface area contributed by atoms with Crippen molar-refractivity contribution < 1.29 is 32.7 Å². The fourth-order valence-electron chi connectivity index (χ4n) is 5.36. The number of nitrogen functional groups attached to an aromatic ring is 1. The molecule has 1 aliphatic carbocycles. The van der Waals surface area contributed by atoms with Crippen molar-refractivity contribution >= 4 is 40.7 Å². The summed E-state index contributed by atoms with van der Waals surface area (Å²) in [7, 11) is 1.39. The van der Waals surface area contributed by atoms with Crippen LogP contribution >= 0.6 is 11.6 Å². The van der Waals surface area contributed by atoms with E-state index in [-0.39, 0.29) is 51.6 Å². The summed E-state index contributed by atoms with van der Waals surface area (Å²) in [5.74, 6) is -1.56. The number of anilines is 2. The van der Waals surface area contributed by atoms with Crippen LogP contribution in [0.1, 0.15) is 45.9 Å². The molecule has 0 spiro atoms. The van der Waals surface area contributed by atoms with Gasteiger partial charge in [-0.15, -0.1) is 0 Å². The van der Waals surface area contributed by atoms with E-state index in [1.54, 1.807) is 0 Å². The molecule has 1 aromatic carbocycles. The molecule has 0 unspecified atom stereocenters. The number of nitrogens with one attached hydrogen (secondary N) is 4. The van der Waals surface area contributed by atoms with Gasteiger partial charge in [0.1, 0.15) is 0 Å². The van der Waals surface area contributed by atoms with E-state index in [1.165, 1.54) is 48.1 Å². The highest BCUT2D eigenvalue weighted by Gasteiger charge is 2.46. The van der Waals surface area contributed by atoms with E-state index in [9.17, 15) is 32.7 Å². The average Bonchev–Trinajstić information content (AvgIpc) is 3.33. The third-order valence-electron chi connectivity index (χ3n) is 8.18. The Hall–Kier alpha value is -5.00. The zero-order valence-electron chi connectivity index (χ0n) is 25.3. The Balaban J connectivity index is 1.12. The molecule has 1 aliphatic heterocycles. The lowest BCUT2D eigenvalue weighted by Gasteiger charge is -2.21. The van der Waals surface area contributed by atoms with Crippen LogP contribution in [0, 0.1) is 0 Å². The molecule has 7 N–H and O–H groups in total. The van der Waals surface area contributed by atoms with E-state index in [4.69, 9.17) is 17.3 Å². The van der Waals surface area contributed by atoms with Crippen LogP contribution in [0.3, 0.4) is 0 Å².